The van der Waals surface area contributed by atoms with Crippen LogP contribution in [0.25, 0.3) is 0 Å². The maximum absolute atomic E-state index is 11.4. The number of furan rings is 1. The van der Waals surface area contributed by atoms with Crippen molar-refractivity contribution in [1.82, 2.24) is 5.32 Å². The highest BCUT2D eigenvalue weighted by Crippen LogP contribution is 2.30. The summed E-state index contributed by atoms with van der Waals surface area (Å²) < 4.78 is 10.9. The molecular formula is C16H18N2O3. The van der Waals surface area contributed by atoms with Gasteiger partial charge in [-0.25, -0.2) is 0 Å². The molecule has 1 aliphatic heterocycles. The SMILES string of the molecule is Cc1ccc(CNC(C)c2ccc3c(c2)NC(=O)CO3)o1. The molecule has 0 radical (unpaired) electrons. The summed E-state index contributed by atoms with van der Waals surface area (Å²) in [5.74, 6) is 2.42. The topological polar surface area (TPSA) is 63.5 Å². The van der Waals surface area contributed by atoms with Crippen molar-refractivity contribution in [2.24, 2.45) is 0 Å². The Bertz CT molecular complexity index is 663. The van der Waals surface area contributed by atoms with Gasteiger partial charge in [0.2, 0.25) is 0 Å². The number of amides is 1. The molecule has 5 nitrogen and oxygen atoms in total. The van der Waals surface area contributed by atoms with Crippen molar-refractivity contribution in [2.45, 2.75) is 26.4 Å². The minimum atomic E-state index is -0.119. The summed E-state index contributed by atoms with van der Waals surface area (Å²) in [6.07, 6.45) is 0. The number of nitrogens with one attached hydrogen (secondary N) is 2. The normalized spacial score (nSPS) is 15.0. The third-order valence-electron chi connectivity index (χ3n) is 3.51. The van der Waals surface area contributed by atoms with Gasteiger partial charge in [-0.15, -0.1) is 0 Å². The summed E-state index contributed by atoms with van der Waals surface area (Å²) in [7, 11) is 0. The van der Waals surface area contributed by atoms with E-state index in [1.807, 2.05) is 37.3 Å². The van der Waals surface area contributed by atoms with Gasteiger partial charge in [0.1, 0.15) is 17.3 Å². The molecule has 1 atom stereocenters. The van der Waals surface area contributed by atoms with Crippen molar-refractivity contribution in [1.29, 1.82) is 0 Å². The highest BCUT2D eigenvalue weighted by Gasteiger charge is 2.17. The summed E-state index contributed by atoms with van der Waals surface area (Å²) in [5.41, 5.74) is 1.81. The first-order chi connectivity index (χ1) is 10.1. The number of anilines is 1. The molecule has 0 bridgehead atoms. The largest absolute Gasteiger partial charge is 0.482 e. The van der Waals surface area contributed by atoms with E-state index in [0.717, 1.165) is 22.8 Å². The molecule has 1 aromatic heterocycles. The average Bonchev–Trinajstić information content (AvgIpc) is 2.89. The lowest BCUT2D eigenvalue weighted by atomic mass is 10.1. The summed E-state index contributed by atoms with van der Waals surface area (Å²) in [4.78, 5) is 11.4. The van der Waals surface area contributed by atoms with Gasteiger partial charge in [-0.3, -0.25) is 4.79 Å². The molecule has 0 fully saturated rings. The van der Waals surface area contributed by atoms with Crippen LogP contribution in [0.15, 0.2) is 34.7 Å². The molecule has 3 rings (SSSR count). The number of ether oxygens (including phenoxy) is 1. The summed E-state index contributed by atoms with van der Waals surface area (Å²) in [6, 6.07) is 9.89. The molecule has 0 aliphatic carbocycles. The molecule has 0 saturated heterocycles. The van der Waals surface area contributed by atoms with Crippen LogP contribution in [0.4, 0.5) is 5.69 Å². The van der Waals surface area contributed by atoms with Crippen LogP contribution in [0.2, 0.25) is 0 Å². The molecule has 21 heavy (non-hydrogen) atoms. The highest BCUT2D eigenvalue weighted by molar-refractivity contribution is 5.95. The average molecular weight is 286 g/mol. The molecule has 0 saturated carbocycles. The minimum absolute atomic E-state index is 0.0813. The number of rotatable bonds is 4. The van der Waals surface area contributed by atoms with Crippen LogP contribution >= 0.6 is 0 Å². The lowest BCUT2D eigenvalue weighted by Crippen LogP contribution is -2.26. The molecule has 0 spiro atoms. The zero-order valence-electron chi connectivity index (χ0n) is 12.1. The Morgan fingerprint density at radius 1 is 1.33 bits per heavy atom. The quantitative estimate of drug-likeness (QED) is 0.907. The van der Waals surface area contributed by atoms with Crippen LogP contribution in [-0.4, -0.2) is 12.5 Å². The second-order valence-corrected chi connectivity index (χ2v) is 5.21. The van der Waals surface area contributed by atoms with E-state index in [2.05, 4.69) is 17.6 Å². The van der Waals surface area contributed by atoms with Crippen molar-refractivity contribution in [2.75, 3.05) is 11.9 Å². The smallest absolute Gasteiger partial charge is 0.262 e. The Morgan fingerprint density at radius 2 is 2.19 bits per heavy atom. The van der Waals surface area contributed by atoms with E-state index in [1.54, 1.807) is 0 Å². The van der Waals surface area contributed by atoms with Crippen molar-refractivity contribution in [3.05, 3.63) is 47.4 Å². The number of benzene rings is 1. The van der Waals surface area contributed by atoms with Gasteiger partial charge in [-0.1, -0.05) is 6.07 Å². The first-order valence-corrected chi connectivity index (χ1v) is 6.97. The van der Waals surface area contributed by atoms with E-state index in [0.29, 0.717) is 12.3 Å². The van der Waals surface area contributed by atoms with E-state index in [9.17, 15) is 4.79 Å². The molecule has 2 N–H and O–H groups in total. The minimum Gasteiger partial charge on any atom is -0.482 e. The van der Waals surface area contributed by atoms with E-state index in [-0.39, 0.29) is 18.6 Å². The number of aryl methyl sites for hydroxylation is 1. The molecular weight excluding hydrogens is 268 g/mol. The standard InChI is InChI=1S/C16H18N2O3/c1-10-3-5-13(21-10)8-17-11(2)12-4-6-15-14(7-12)18-16(19)9-20-15/h3-7,11,17H,8-9H2,1-2H3,(H,18,19). The fourth-order valence-electron chi connectivity index (χ4n) is 2.32. The molecule has 5 heteroatoms. The number of carbonyl (C=O) groups excluding carboxylic acids is 1. The fourth-order valence-corrected chi connectivity index (χ4v) is 2.32. The number of carbonyl (C=O) groups is 1. The molecule has 2 aromatic rings. The maximum Gasteiger partial charge on any atom is 0.262 e. The summed E-state index contributed by atoms with van der Waals surface area (Å²) in [6.45, 7) is 4.75. The molecule has 1 unspecified atom stereocenters. The summed E-state index contributed by atoms with van der Waals surface area (Å²) in [5, 5.41) is 6.22. The van der Waals surface area contributed by atoms with Crippen LogP contribution in [0.5, 0.6) is 5.75 Å². The van der Waals surface area contributed by atoms with Crippen LogP contribution < -0.4 is 15.4 Å². The number of fused-ring (bicyclic) bond motifs is 1. The van der Waals surface area contributed by atoms with E-state index < -0.39 is 0 Å². The first-order valence-electron chi connectivity index (χ1n) is 6.97. The van der Waals surface area contributed by atoms with Gasteiger partial charge in [0, 0.05) is 6.04 Å². The van der Waals surface area contributed by atoms with E-state index in [4.69, 9.17) is 9.15 Å². The molecule has 2 heterocycles. The van der Waals surface area contributed by atoms with Crippen molar-refractivity contribution >= 4 is 11.6 Å². The third-order valence-corrected chi connectivity index (χ3v) is 3.51. The molecule has 110 valence electrons. The van der Waals surface area contributed by atoms with Gasteiger partial charge in [-0.05, 0) is 43.7 Å². The van der Waals surface area contributed by atoms with Crippen LogP contribution in [0.3, 0.4) is 0 Å². The Hall–Kier alpha value is -2.27. The monoisotopic (exact) mass is 286 g/mol. The molecule has 1 aromatic carbocycles. The van der Waals surface area contributed by atoms with E-state index >= 15 is 0 Å². The number of hydrogen-bond acceptors (Lipinski definition) is 4. The lowest BCUT2D eigenvalue weighted by Gasteiger charge is -2.20. The zero-order valence-corrected chi connectivity index (χ0v) is 12.1. The Labute approximate surface area is 123 Å². The Kier molecular flexibility index (Phi) is 3.66. The van der Waals surface area contributed by atoms with Gasteiger partial charge in [0.15, 0.2) is 6.61 Å². The van der Waals surface area contributed by atoms with Crippen molar-refractivity contribution < 1.29 is 13.9 Å². The third kappa shape index (κ3) is 3.08. The second-order valence-electron chi connectivity index (χ2n) is 5.21. The van der Waals surface area contributed by atoms with Gasteiger partial charge < -0.3 is 19.8 Å². The van der Waals surface area contributed by atoms with Crippen LogP contribution in [-0.2, 0) is 11.3 Å². The number of hydrogen-bond donors (Lipinski definition) is 2. The Morgan fingerprint density at radius 3 is 2.95 bits per heavy atom. The molecule has 1 aliphatic rings. The van der Waals surface area contributed by atoms with Crippen molar-refractivity contribution in [3.63, 3.8) is 0 Å². The molecule has 1 amide bonds. The van der Waals surface area contributed by atoms with Crippen LogP contribution in [0, 0.1) is 6.92 Å². The zero-order chi connectivity index (χ0) is 14.8. The second kappa shape index (κ2) is 5.61. The van der Waals surface area contributed by atoms with E-state index in [1.165, 1.54) is 0 Å². The summed E-state index contributed by atoms with van der Waals surface area (Å²) >= 11 is 0. The predicted molar refractivity (Wildman–Crippen MR) is 79.3 cm³/mol. The van der Waals surface area contributed by atoms with Gasteiger partial charge in [0.05, 0.1) is 12.2 Å². The Balaban J connectivity index is 1.68. The highest BCUT2D eigenvalue weighted by atomic mass is 16.5. The first kappa shape index (κ1) is 13.7. The van der Waals surface area contributed by atoms with Gasteiger partial charge in [-0.2, -0.15) is 0 Å². The maximum atomic E-state index is 11.4. The van der Waals surface area contributed by atoms with Gasteiger partial charge >= 0.3 is 0 Å². The predicted octanol–water partition coefficient (Wildman–Crippen LogP) is 2.77. The fraction of sp³-hybridized carbons (Fsp3) is 0.312. The van der Waals surface area contributed by atoms with Crippen molar-refractivity contribution in [3.8, 4) is 5.75 Å². The van der Waals surface area contributed by atoms with Gasteiger partial charge in [0.25, 0.3) is 5.91 Å². The van der Waals surface area contributed by atoms with Crippen LogP contribution in [0.1, 0.15) is 30.0 Å². The lowest BCUT2D eigenvalue weighted by molar-refractivity contribution is -0.118.